The number of primary amides is 1. The Hall–Kier alpha value is -2.11. The van der Waals surface area contributed by atoms with E-state index < -0.39 is 6.03 Å². The highest BCUT2D eigenvalue weighted by molar-refractivity contribution is 5.99. The highest BCUT2D eigenvalue weighted by Crippen LogP contribution is 2.24. The Labute approximate surface area is 117 Å². The number of benzene rings is 1. The van der Waals surface area contributed by atoms with E-state index in [1.807, 2.05) is 0 Å². The van der Waals surface area contributed by atoms with Gasteiger partial charge in [0.2, 0.25) is 0 Å². The molecule has 0 radical (unpaired) electrons. The number of piperidine rings is 1. The second-order valence-electron chi connectivity index (χ2n) is 4.89. The van der Waals surface area contributed by atoms with Gasteiger partial charge in [-0.2, -0.15) is 5.10 Å². The number of amides is 2. The third kappa shape index (κ3) is 3.46. The topological polar surface area (TPSA) is 70.7 Å². The molecule has 0 spiro atoms. The number of halogens is 1. The molecule has 2 rings (SSSR count). The van der Waals surface area contributed by atoms with Gasteiger partial charge in [0.1, 0.15) is 5.82 Å². The molecule has 1 aliphatic rings. The Balaban J connectivity index is 2.16. The summed E-state index contributed by atoms with van der Waals surface area (Å²) in [6.07, 6.45) is 3.41. The number of hydrogen-bond acceptors (Lipinski definition) is 3. The van der Waals surface area contributed by atoms with E-state index in [0.717, 1.165) is 25.9 Å². The number of anilines is 1. The Morgan fingerprint density at radius 2 is 2.05 bits per heavy atom. The number of urea groups is 1. The highest BCUT2D eigenvalue weighted by atomic mass is 19.1. The zero-order valence-electron chi connectivity index (χ0n) is 11.5. The predicted molar refractivity (Wildman–Crippen MR) is 77.4 cm³/mol. The third-order valence-electron chi connectivity index (χ3n) is 3.40. The summed E-state index contributed by atoms with van der Waals surface area (Å²) in [6.45, 7) is 3.48. The fourth-order valence-electron chi connectivity index (χ4n) is 2.33. The fraction of sp³-hybridized carbons (Fsp3) is 0.429. The van der Waals surface area contributed by atoms with Crippen LogP contribution in [0.3, 0.4) is 0 Å². The van der Waals surface area contributed by atoms with Crippen molar-refractivity contribution in [3.05, 3.63) is 29.6 Å². The van der Waals surface area contributed by atoms with E-state index in [0.29, 0.717) is 17.0 Å². The maximum atomic E-state index is 14.2. The quantitative estimate of drug-likeness (QED) is 0.657. The van der Waals surface area contributed by atoms with Crippen molar-refractivity contribution in [1.29, 1.82) is 0 Å². The highest BCUT2D eigenvalue weighted by Gasteiger charge is 2.15. The first-order valence-electron chi connectivity index (χ1n) is 6.72. The molecule has 0 bridgehead atoms. The standard InChI is InChI=1S/C14H19FN4O/c1-10(17-18-14(16)20)11-5-6-13(12(15)9-11)19-7-3-2-4-8-19/h5-6,9H,2-4,7-8H2,1H3,(H3,16,18,20)/b17-10+. The van der Waals surface area contributed by atoms with Crippen LogP contribution in [0.5, 0.6) is 0 Å². The van der Waals surface area contributed by atoms with Gasteiger partial charge in [-0.25, -0.2) is 14.6 Å². The maximum Gasteiger partial charge on any atom is 0.332 e. The Morgan fingerprint density at radius 3 is 2.65 bits per heavy atom. The van der Waals surface area contributed by atoms with Crippen molar-refractivity contribution in [2.45, 2.75) is 26.2 Å². The normalized spacial score (nSPS) is 16.1. The molecule has 1 aromatic rings. The van der Waals surface area contributed by atoms with Crippen molar-refractivity contribution in [2.75, 3.05) is 18.0 Å². The van der Waals surface area contributed by atoms with E-state index in [4.69, 9.17) is 5.73 Å². The summed E-state index contributed by atoms with van der Waals surface area (Å²) >= 11 is 0. The molecule has 1 fully saturated rings. The summed E-state index contributed by atoms with van der Waals surface area (Å²) in [5, 5.41) is 3.79. The van der Waals surface area contributed by atoms with Gasteiger partial charge in [-0.15, -0.1) is 0 Å². The number of hydrogen-bond donors (Lipinski definition) is 2. The molecule has 0 atom stereocenters. The molecule has 0 unspecified atom stereocenters. The van der Waals surface area contributed by atoms with Gasteiger partial charge in [0, 0.05) is 18.7 Å². The Bertz CT molecular complexity index is 524. The van der Waals surface area contributed by atoms with Crippen molar-refractivity contribution in [1.82, 2.24) is 5.43 Å². The van der Waals surface area contributed by atoms with Gasteiger partial charge in [-0.05, 0) is 38.3 Å². The smallest absolute Gasteiger partial charge is 0.332 e. The molecular formula is C14H19FN4O. The van der Waals surface area contributed by atoms with Crippen molar-refractivity contribution in [2.24, 2.45) is 10.8 Å². The lowest BCUT2D eigenvalue weighted by Gasteiger charge is -2.29. The second kappa shape index (κ2) is 6.36. The van der Waals surface area contributed by atoms with Crippen LogP contribution in [0.2, 0.25) is 0 Å². The van der Waals surface area contributed by atoms with Crippen molar-refractivity contribution >= 4 is 17.4 Å². The minimum Gasteiger partial charge on any atom is -0.369 e. The van der Waals surface area contributed by atoms with Gasteiger partial charge < -0.3 is 10.6 Å². The van der Waals surface area contributed by atoms with Gasteiger partial charge in [0.25, 0.3) is 0 Å². The molecule has 0 aliphatic carbocycles. The molecule has 0 aromatic heterocycles. The summed E-state index contributed by atoms with van der Waals surface area (Å²) < 4.78 is 14.2. The number of nitrogens with two attached hydrogens (primary N) is 1. The molecule has 1 saturated heterocycles. The van der Waals surface area contributed by atoms with E-state index in [1.165, 1.54) is 12.5 Å². The summed E-state index contributed by atoms with van der Waals surface area (Å²) in [7, 11) is 0. The molecule has 108 valence electrons. The fourth-order valence-corrected chi connectivity index (χ4v) is 2.33. The minimum atomic E-state index is -0.741. The first-order chi connectivity index (χ1) is 9.58. The largest absolute Gasteiger partial charge is 0.369 e. The van der Waals surface area contributed by atoms with E-state index in [1.54, 1.807) is 19.1 Å². The van der Waals surface area contributed by atoms with Crippen LogP contribution in [-0.4, -0.2) is 24.8 Å². The summed E-state index contributed by atoms with van der Waals surface area (Å²) in [5.74, 6) is -0.266. The first-order valence-corrected chi connectivity index (χ1v) is 6.72. The SMILES string of the molecule is C/C(=N\NC(N)=O)c1ccc(N2CCCCC2)c(F)c1. The zero-order valence-corrected chi connectivity index (χ0v) is 11.5. The number of rotatable bonds is 3. The van der Waals surface area contributed by atoms with Crippen LogP contribution < -0.4 is 16.1 Å². The first kappa shape index (κ1) is 14.3. The number of nitrogens with one attached hydrogen (secondary N) is 1. The van der Waals surface area contributed by atoms with Gasteiger partial charge in [0.05, 0.1) is 11.4 Å². The van der Waals surface area contributed by atoms with Crippen LogP contribution in [-0.2, 0) is 0 Å². The molecule has 1 aliphatic heterocycles. The number of carbonyl (C=O) groups is 1. The van der Waals surface area contributed by atoms with Crippen LogP contribution in [0, 0.1) is 5.82 Å². The Morgan fingerprint density at radius 1 is 1.35 bits per heavy atom. The predicted octanol–water partition coefficient (Wildman–Crippen LogP) is 2.21. The second-order valence-corrected chi connectivity index (χ2v) is 4.89. The van der Waals surface area contributed by atoms with Gasteiger partial charge in [0.15, 0.2) is 0 Å². The Kier molecular flexibility index (Phi) is 4.55. The molecule has 3 N–H and O–H groups in total. The average Bonchev–Trinajstić information content (AvgIpc) is 2.45. The van der Waals surface area contributed by atoms with Crippen LogP contribution in [0.25, 0.3) is 0 Å². The monoisotopic (exact) mass is 278 g/mol. The molecule has 2 amide bonds. The van der Waals surface area contributed by atoms with Gasteiger partial charge in [-0.3, -0.25) is 0 Å². The zero-order chi connectivity index (χ0) is 14.5. The third-order valence-corrected chi connectivity index (χ3v) is 3.40. The van der Waals surface area contributed by atoms with Crippen molar-refractivity contribution in [3.8, 4) is 0 Å². The van der Waals surface area contributed by atoms with Crippen LogP contribution >= 0.6 is 0 Å². The summed E-state index contributed by atoms with van der Waals surface area (Å²) in [4.78, 5) is 12.7. The van der Waals surface area contributed by atoms with Crippen LogP contribution in [0.4, 0.5) is 14.9 Å². The number of nitrogens with zero attached hydrogens (tertiary/aromatic N) is 2. The van der Waals surface area contributed by atoms with Gasteiger partial charge >= 0.3 is 6.03 Å². The molecule has 20 heavy (non-hydrogen) atoms. The maximum absolute atomic E-state index is 14.2. The molecule has 6 heteroatoms. The van der Waals surface area contributed by atoms with Gasteiger partial charge in [-0.1, -0.05) is 6.07 Å². The number of hydrazone groups is 1. The van der Waals surface area contributed by atoms with Crippen LogP contribution in [0.1, 0.15) is 31.7 Å². The molecule has 5 nitrogen and oxygen atoms in total. The molecular weight excluding hydrogens is 259 g/mol. The summed E-state index contributed by atoms with van der Waals surface area (Å²) in [5.41, 5.74) is 8.83. The lowest BCUT2D eigenvalue weighted by molar-refractivity contribution is 0.249. The van der Waals surface area contributed by atoms with E-state index in [-0.39, 0.29) is 5.82 Å². The number of carbonyl (C=O) groups excluding carboxylic acids is 1. The lowest BCUT2D eigenvalue weighted by atomic mass is 10.1. The van der Waals surface area contributed by atoms with E-state index in [2.05, 4.69) is 15.4 Å². The molecule has 1 heterocycles. The molecule has 0 saturated carbocycles. The summed E-state index contributed by atoms with van der Waals surface area (Å²) in [6, 6.07) is 4.26. The minimum absolute atomic E-state index is 0.266. The van der Waals surface area contributed by atoms with E-state index in [9.17, 15) is 9.18 Å². The van der Waals surface area contributed by atoms with Crippen molar-refractivity contribution < 1.29 is 9.18 Å². The lowest BCUT2D eigenvalue weighted by Crippen LogP contribution is -2.30. The average molecular weight is 278 g/mol. The van der Waals surface area contributed by atoms with Crippen molar-refractivity contribution in [3.63, 3.8) is 0 Å². The van der Waals surface area contributed by atoms with E-state index >= 15 is 0 Å². The van der Waals surface area contributed by atoms with Crippen LogP contribution in [0.15, 0.2) is 23.3 Å². The molecule has 1 aromatic carbocycles.